The van der Waals surface area contributed by atoms with Gasteiger partial charge in [-0.25, -0.2) is 0 Å². The second kappa shape index (κ2) is 5.79. The van der Waals surface area contributed by atoms with Gasteiger partial charge in [-0.1, -0.05) is 0 Å². The SMILES string of the molecule is CN1CCN(c2ccnc(C(=O)N3CCCC3)c2)CC1. The van der Waals surface area contributed by atoms with Crippen LogP contribution in [0.15, 0.2) is 18.3 Å². The van der Waals surface area contributed by atoms with Gasteiger partial charge in [0.05, 0.1) is 0 Å². The molecule has 0 spiro atoms. The molecule has 0 bridgehead atoms. The first kappa shape index (κ1) is 13.4. The lowest BCUT2D eigenvalue weighted by atomic mass is 10.2. The molecule has 2 aliphatic rings. The van der Waals surface area contributed by atoms with Gasteiger partial charge in [0.15, 0.2) is 0 Å². The Bertz CT molecular complexity index is 477. The molecule has 2 aliphatic heterocycles. The number of carbonyl (C=O) groups is 1. The number of carbonyl (C=O) groups excluding carboxylic acids is 1. The number of rotatable bonds is 2. The summed E-state index contributed by atoms with van der Waals surface area (Å²) in [7, 11) is 2.15. The molecule has 2 fully saturated rings. The standard InChI is InChI=1S/C15H22N4O/c1-17-8-10-18(11-9-17)13-4-5-16-14(12-13)15(20)19-6-2-3-7-19/h4-5,12H,2-3,6-11H2,1H3. The van der Waals surface area contributed by atoms with E-state index in [4.69, 9.17) is 0 Å². The number of likely N-dealkylation sites (tertiary alicyclic amines) is 1. The molecule has 108 valence electrons. The van der Waals surface area contributed by atoms with Crippen LogP contribution in [0.1, 0.15) is 23.3 Å². The number of aromatic nitrogens is 1. The zero-order valence-corrected chi connectivity index (χ0v) is 12.1. The van der Waals surface area contributed by atoms with E-state index in [1.165, 1.54) is 0 Å². The molecule has 0 unspecified atom stereocenters. The maximum absolute atomic E-state index is 12.4. The Kier molecular flexibility index (Phi) is 3.87. The number of nitrogens with zero attached hydrogens (tertiary/aromatic N) is 4. The van der Waals surface area contributed by atoms with Crippen LogP contribution in [-0.2, 0) is 0 Å². The van der Waals surface area contributed by atoms with Crippen molar-refractivity contribution in [3.8, 4) is 0 Å². The van der Waals surface area contributed by atoms with Crippen molar-refractivity contribution in [2.75, 3.05) is 51.2 Å². The minimum absolute atomic E-state index is 0.0819. The molecule has 0 N–H and O–H groups in total. The molecule has 1 aromatic heterocycles. The zero-order chi connectivity index (χ0) is 13.9. The van der Waals surface area contributed by atoms with Gasteiger partial charge in [0.25, 0.3) is 5.91 Å². The van der Waals surface area contributed by atoms with Gasteiger partial charge >= 0.3 is 0 Å². The number of piperazine rings is 1. The highest BCUT2D eigenvalue weighted by Crippen LogP contribution is 2.18. The third-order valence-electron chi connectivity index (χ3n) is 4.22. The molecule has 3 rings (SSSR count). The molecule has 1 aromatic rings. The van der Waals surface area contributed by atoms with Gasteiger partial charge in [-0.2, -0.15) is 0 Å². The smallest absolute Gasteiger partial charge is 0.272 e. The van der Waals surface area contributed by atoms with E-state index in [0.717, 1.165) is 57.8 Å². The first-order valence-corrected chi connectivity index (χ1v) is 7.43. The highest BCUT2D eigenvalue weighted by molar-refractivity contribution is 5.93. The average Bonchev–Trinajstić information content (AvgIpc) is 3.01. The predicted molar refractivity (Wildman–Crippen MR) is 79.1 cm³/mol. The van der Waals surface area contributed by atoms with Crippen molar-refractivity contribution in [2.45, 2.75) is 12.8 Å². The highest BCUT2D eigenvalue weighted by atomic mass is 16.2. The van der Waals surface area contributed by atoms with E-state index in [-0.39, 0.29) is 5.91 Å². The van der Waals surface area contributed by atoms with Crippen molar-refractivity contribution in [2.24, 2.45) is 0 Å². The van der Waals surface area contributed by atoms with E-state index < -0.39 is 0 Å². The van der Waals surface area contributed by atoms with E-state index >= 15 is 0 Å². The second-order valence-corrected chi connectivity index (χ2v) is 5.69. The fourth-order valence-corrected chi connectivity index (χ4v) is 2.88. The van der Waals surface area contributed by atoms with Crippen molar-refractivity contribution >= 4 is 11.6 Å². The van der Waals surface area contributed by atoms with Crippen LogP contribution in [-0.4, -0.2) is 67.0 Å². The molecule has 1 amide bonds. The van der Waals surface area contributed by atoms with Crippen LogP contribution < -0.4 is 4.90 Å². The molecule has 0 aliphatic carbocycles. The van der Waals surface area contributed by atoms with Crippen LogP contribution in [0.5, 0.6) is 0 Å². The largest absolute Gasteiger partial charge is 0.369 e. The van der Waals surface area contributed by atoms with Crippen LogP contribution in [0.3, 0.4) is 0 Å². The van der Waals surface area contributed by atoms with Gasteiger partial charge in [-0.3, -0.25) is 9.78 Å². The van der Waals surface area contributed by atoms with Crippen LogP contribution in [0.4, 0.5) is 5.69 Å². The number of pyridine rings is 1. The normalized spacial score (nSPS) is 20.4. The fraction of sp³-hybridized carbons (Fsp3) is 0.600. The Morgan fingerprint density at radius 3 is 2.50 bits per heavy atom. The second-order valence-electron chi connectivity index (χ2n) is 5.69. The van der Waals surface area contributed by atoms with E-state index in [2.05, 4.69) is 21.8 Å². The van der Waals surface area contributed by atoms with E-state index in [9.17, 15) is 4.79 Å². The minimum atomic E-state index is 0.0819. The third kappa shape index (κ3) is 2.77. The Morgan fingerprint density at radius 1 is 1.10 bits per heavy atom. The Morgan fingerprint density at radius 2 is 1.80 bits per heavy atom. The molecule has 5 heteroatoms. The average molecular weight is 274 g/mol. The van der Waals surface area contributed by atoms with Crippen molar-refractivity contribution in [1.82, 2.24) is 14.8 Å². The number of hydrogen-bond donors (Lipinski definition) is 0. The molecule has 0 saturated carbocycles. The van der Waals surface area contributed by atoms with Crippen molar-refractivity contribution in [3.63, 3.8) is 0 Å². The van der Waals surface area contributed by atoms with Crippen LogP contribution in [0.25, 0.3) is 0 Å². The van der Waals surface area contributed by atoms with Gasteiger partial charge in [-0.15, -0.1) is 0 Å². The summed E-state index contributed by atoms with van der Waals surface area (Å²) in [5.41, 5.74) is 1.71. The van der Waals surface area contributed by atoms with Gasteiger partial charge in [0.2, 0.25) is 0 Å². The summed E-state index contributed by atoms with van der Waals surface area (Å²) in [5, 5.41) is 0. The minimum Gasteiger partial charge on any atom is -0.369 e. The number of amides is 1. The Hall–Kier alpha value is -1.62. The van der Waals surface area contributed by atoms with E-state index in [1.807, 2.05) is 17.0 Å². The molecule has 5 nitrogen and oxygen atoms in total. The van der Waals surface area contributed by atoms with Gasteiger partial charge < -0.3 is 14.7 Å². The lowest BCUT2D eigenvalue weighted by molar-refractivity contribution is 0.0787. The predicted octanol–water partition coefficient (Wildman–Crippen LogP) is 1.07. The van der Waals surface area contributed by atoms with Crippen LogP contribution in [0, 0.1) is 0 Å². The summed E-state index contributed by atoms with van der Waals surface area (Å²) in [4.78, 5) is 23.2. The lowest BCUT2D eigenvalue weighted by Gasteiger charge is -2.34. The quantitative estimate of drug-likeness (QED) is 0.809. The van der Waals surface area contributed by atoms with Gasteiger partial charge in [0.1, 0.15) is 5.69 Å². The maximum Gasteiger partial charge on any atom is 0.272 e. The molecular weight excluding hydrogens is 252 g/mol. The summed E-state index contributed by atoms with van der Waals surface area (Å²) in [6.07, 6.45) is 3.99. The molecule has 0 aromatic carbocycles. The first-order chi connectivity index (χ1) is 9.74. The maximum atomic E-state index is 12.4. The van der Waals surface area contributed by atoms with Crippen molar-refractivity contribution in [3.05, 3.63) is 24.0 Å². The monoisotopic (exact) mass is 274 g/mol. The summed E-state index contributed by atoms with van der Waals surface area (Å²) in [6.45, 7) is 5.91. The molecule has 3 heterocycles. The Balaban J connectivity index is 1.73. The molecule has 20 heavy (non-hydrogen) atoms. The first-order valence-electron chi connectivity index (χ1n) is 7.43. The molecule has 2 saturated heterocycles. The molecular formula is C15H22N4O. The van der Waals surface area contributed by atoms with Crippen LogP contribution >= 0.6 is 0 Å². The fourth-order valence-electron chi connectivity index (χ4n) is 2.88. The highest BCUT2D eigenvalue weighted by Gasteiger charge is 2.22. The van der Waals surface area contributed by atoms with E-state index in [0.29, 0.717) is 5.69 Å². The summed E-state index contributed by atoms with van der Waals surface area (Å²) >= 11 is 0. The van der Waals surface area contributed by atoms with Crippen molar-refractivity contribution in [1.29, 1.82) is 0 Å². The lowest BCUT2D eigenvalue weighted by Crippen LogP contribution is -2.44. The summed E-state index contributed by atoms with van der Waals surface area (Å²) in [6, 6.07) is 3.96. The van der Waals surface area contributed by atoms with E-state index in [1.54, 1.807) is 6.20 Å². The molecule has 0 atom stereocenters. The Labute approximate surface area is 120 Å². The topological polar surface area (TPSA) is 39.7 Å². The third-order valence-corrected chi connectivity index (χ3v) is 4.22. The van der Waals surface area contributed by atoms with Crippen LogP contribution in [0.2, 0.25) is 0 Å². The number of hydrogen-bond acceptors (Lipinski definition) is 4. The zero-order valence-electron chi connectivity index (χ0n) is 12.1. The number of anilines is 1. The molecule has 0 radical (unpaired) electrons. The summed E-state index contributed by atoms with van der Waals surface area (Å²) < 4.78 is 0. The van der Waals surface area contributed by atoms with Gasteiger partial charge in [0, 0.05) is 51.2 Å². The summed E-state index contributed by atoms with van der Waals surface area (Å²) in [5.74, 6) is 0.0819. The van der Waals surface area contributed by atoms with Gasteiger partial charge in [-0.05, 0) is 32.0 Å². The van der Waals surface area contributed by atoms with Crippen molar-refractivity contribution < 1.29 is 4.79 Å². The number of likely N-dealkylation sites (N-methyl/N-ethyl adjacent to an activating group) is 1.